The van der Waals surface area contributed by atoms with Crippen LogP contribution in [-0.4, -0.2) is 5.78 Å². The molecular formula is C10H10BrClOS. The standard InChI is InChI=1S/C10H10BrClOS/c1-2-5-3-6(5)9(13)8-4-7(11)10(12)14-8/h4-6H,2-3H2,1H3/t5-,6-/m1/s1. The summed E-state index contributed by atoms with van der Waals surface area (Å²) in [6, 6.07) is 1.83. The number of Topliss-reactive ketones (excluding diaryl/α,β-unsaturated/α-hetero) is 1. The van der Waals surface area contributed by atoms with E-state index in [-0.39, 0.29) is 11.7 Å². The summed E-state index contributed by atoms with van der Waals surface area (Å²) in [7, 11) is 0. The summed E-state index contributed by atoms with van der Waals surface area (Å²) in [5.41, 5.74) is 0. The molecule has 1 aliphatic carbocycles. The highest BCUT2D eigenvalue weighted by Gasteiger charge is 2.42. The molecule has 76 valence electrons. The maximum Gasteiger partial charge on any atom is 0.176 e. The number of hydrogen-bond donors (Lipinski definition) is 0. The molecule has 0 radical (unpaired) electrons. The van der Waals surface area contributed by atoms with Gasteiger partial charge in [0.25, 0.3) is 0 Å². The lowest BCUT2D eigenvalue weighted by atomic mass is 10.1. The van der Waals surface area contributed by atoms with Crippen LogP contribution in [0.25, 0.3) is 0 Å². The quantitative estimate of drug-likeness (QED) is 0.755. The van der Waals surface area contributed by atoms with Crippen molar-refractivity contribution in [3.63, 3.8) is 0 Å². The van der Waals surface area contributed by atoms with Gasteiger partial charge in [0.15, 0.2) is 5.78 Å². The average Bonchev–Trinajstić information content (AvgIpc) is 2.87. The van der Waals surface area contributed by atoms with Crippen molar-refractivity contribution in [1.82, 2.24) is 0 Å². The number of rotatable bonds is 3. The molecule has 0 aliphatic heterocycles. The molecule has 2 rings (SSSR count). The maximum absolute atomic E-state index is 11.9. The van der Waals surface area contributed by atoms with E-state index in [0.29, 0.717) is 10.3 Å². The van der Waals surface area contributed by atoms with Gasteiger partial charge < -0.3 is 0 Å². The van der Waals surface area contributed by atoms with Crippen LogP contribution in [0.15, 0.2) is 10.5 Å². The summed E-state index contributed by atoms with van der Waals surface area (Å²) >= 11 is 10.6. The smallest absolute Gasteiger partial charge is 0.176 e. The predicted octanol–water partition coefficient (Wildman–Crippen LogP) is 4.39. The van der Waals surface area contributed by atoms with E-state index in [9.17, 15) is 4.79 Å². The van der Waals surface area contributed by atoms with Gasteiger partial charge in [-0.2, -0.15) is 0 Å². The van der Waals surface area contributed by atoms with Gasteiger partial charge in [0.1, 0.15) is 4.34 Å². The van der Waals surface area contributed by atoms with Gasteiger partial charge in [-0.3, -0.25) is 4.79 Å². The molecule has 1 aliphatic rings. The van der Waals surface area contributed by atoms with Gasteiger partial charge in [-0.15, -0.1) is 11.3 Å². The van der Waals surface area contributed by atoms with Crippen molar-refractivity contribution in [2.24, 2.45) is 11.8 Å². The van der Waals surface area contributed by atoms with Gasteiger partial charge in [-0.25, -0.2) is 0 Å². The van der Waals surface area contributed by atoms with Crippen molar-refractivity contribution < 1.29 is 4.79 Å². The molecule has 1 nitrogen and oxygen atoms in total. The van der Waals surface area contributed by atoms with Crippen LogP contribution in [0.5, 0.6) is 0 Å². The van der Waals surface area contributed by atoms with Crippen molar-refractivity contribution in [3.8, 4) is 0 Å². The fourth-order valence-corrected chi connectivity index (χ4v) is 3.38. The molecule has 1 heterocycles. The van der Waals surface area contributed by atoms with E-state index in [2.05, 4.69) is 22.9 Å². The van der Waals surface area contributed by atoms with Gasteiger partial charge in [0.05, 0.1) is 4.88 Å². The van der Waals surface area contributed by atoms with E-state index >= 15 is 0 Å². The first kappa shape index (κ1) is 10.7. The Kier molecular flexibility index (Phi) is 3.01. The van der Waals surface area contributed by atoms with Crippen molar-refractivity contribution in [3.05, 3.63) is 19.8 Å². The summed E-state index contributed by atoms with van der Waals surface area (Å²) in [5.74, 6) is 1.15. The zero-order chi connectivity index (χ0) is 10.3. The number of halogens is 2. The average molecular weight is 294 g/mol. The zero-order valence-corrected chi connectivity index (χ0v) is 10.9. The monoisotopic (exact) mass is 292 g/mol. The Morgan fingerprint density at radius 2 is 2.50 bits per heavy atom. The molecule has 14 heavy (non-hydrogen) atoms. The SMILES string of the molecule is CC[C@@H]1C[C@H]1C(=O)c1cc(Br)c(Cl)s1. The number of hydrogen-bond acceptors (Lipinski definition) is 2. The van der Waals surface area contributed by atoms with Gasteiger partial charge >= 0.3 is 0 Å². The highest BCUT2D eigenvalue weighted by Crippen LogP contribution is 2.45. The summed E-state index contributed by atoms with van der Waals surface area (Å²) < 4.78 is 1.50. The molecule has 1 saturated carbocycles. The first-order valence-corrected chi connectivity index (χ1v) is 6.61. The third-order valence-electron chi connectivity index (χ3n) is 2.67. The second-order valence-electron chi connectivity index (χ2n) is 3.61. The van der Waals surface area contributed by atoms with Crippen LogP contribution < -0.4 is 0 Å². The van der Waals surface area contributed by atoms with Gasteiger partial charge in [0, 0.05) is 10.4 Å². The van der Waals surface area contributed by atoms with Crippen LogP contribution in [0.2, 0.25) is 4.34 Å². The molecular weight excluding hydrogens is 284 g/mol. The zero-order valence-electron chi connectivity index (χ0n) is 7.72. The molecule has 1 fully saturated rings. The van der Waals surface area contributed by atoms with E-state index in [4.69, 9.17) is 11.6 Å². The maximum atomic E-state index is 11.9. The number of carbonyl (C=O) groups excluding carboxylic acids is 1. The molecule has 0 aromatic carbocycles. The summed E-state index contributed by atoms with van der Waals surface area (Å²) in [6.07, 6.45) is 2.17. The number of thiophene rings is 1. The highest BCUT2D eigenvalue weighted by molar-refractivity contribution is 9.10. The normalized spacial score (nSPS) is 25.1. The van der Waals surface area contributed by atoms with Gasteiger partial charge in [-0.1, -0.05) is 24.9 Å². The van der Waals surface area contributed by atoms with Crippen molar-refractivity contribution in [1.29, 1.82) is 0 Å². The summed E-state index contributed by atoms with van der Waals surface area (Å²) in [6.45, 7) is 2.13. The van der Waals surface area contributed by atoms with Crippen LogP contribution in [0.3, 0.4) is 0 Å². The van der Waals surface area contributed by atoms with Crippen molar-refractivity contribution >= 4 is 44.7 Å². The molecule has 0 spiro atoms. The minimum Gasteiger partial charge on any atom is -0.293 e. The first-order valence-electron chi connectivity index (χ1n) is 4.62. The lowest BCUT2D eigenvalue weighted by molar-refractivity contribution is 0.0965. The van der Waals surface area contributed by atoms with Crippen LogP contribution in [-0.2, 0) is 0 Å². The first-order chi connectivity index (χ1) is 6.63. The van der Waals surface area contributed by atoms with E-state index in [1.165, 1.54) is 11.3 Å². The van der Waals surface area contributed by atoms with Crippen LogP contribution >= 0.6 is 38.9 Å². The largest absolute Gasteiger partial charge is 0.293 e. The van der Waals surface area contributed by atoms with E-state index < -0.39 is 0 Å². The second kappa shape index (κ2) is 3.95. The fourth-order valence-electron chi connectivity index (χ4n) is 1.67. The Hall–Kier alpha value is 0.140. The molecule has 0 N–H and O–H groups in total. The van der Waals surface area contributed by atoms with Gasteiger partial charge in [0.2, 0.25) is 0 Å². The molecule has 2 atom stereocenters. The Labute approximate surface area is 101 Å². The Bertz CT molecular complexity index is 355. The molecule has 0 saturated heterocycles. The topological polar surface area (TPSA) is 17.1 Å². The third kappa shape index (κ3) is 1.90. The third-order valence-corrected chi connectivity index (χ3v) is 5.16. The minimum absolute atomic E-state index is 0.265. The number of carbonyl (C=O) groups is 1. The lowest BCUT2D eigenvalue weighted by Gasteiger charge is -1.93. The van der Waals surface area contributed by atoms with E-state index in [0.717, 1.165) is 22.2 Å². The molecule has 1 aromatic rings. The Balaban J connectivity index is 2.13. The van der Waals surface area contributed by atoms with Crippen LogP contribution in [0.4, 0.5) is 0 Å². The van der Waals surface area contributed by atoms with E-state index in [1.807, 2.05) is 6.07 Å². The molecule has 0 amide bonds. The van der Waals surface area contributed by atoms with E-state index in [1.54, 1.807) is 0 Å². The predicted molar refractivity (Wildman–Crippen MR) is 63.2 cm³/mol. The summed E-state index contributed by atoms with van der Waals surface area (Å²) in [4.78, 5) is 12.7. The van der Waals surface area contributed by atoms with Crippen molar-refractivity contribution in [2.45, 2.75) is 19.8 Å². The Morgan fingerprint density at radius 3 is 2.93 bits per heavy atom. The number of ketones is 1. The van der Waals surface area contributed by atoms with Crippen LogP contribution in [0, 0.1) is 11.8 Å². The van der Waals surface area contributed by atoms with Gasteiger partial charge in [-0.05, 0) is 34.3 Å². The van der Waals surface area contributed by atoms with Crippen LogP contribution in [0.1, 0.15) is 29.4 Å². The minimum atomic E-state index is 0.265. The summed E-state index contributed by atoms with van der Waals surface area (Å²) in [5, 5.41) is 0. The Morgan fingerprint density at radius 1 is 1.79 bits per heavy atom. The van der Waals surface area contributed by atoms with Crippen molar-refractivity contribution in [2.75, 3.05) is 0 Å². The molecule has 1 aromatic heterocycles. The molecule has 4 heteroatoms. The lowest BCUT2D eigenvalue weighted by Crippen LogP contribution is -2.00. The molecule has 0 bridgehead atoms. The highest BCUT2D eigenvalue weighted by atomic mass is 79.9. The second-order valence-corrected chi connectivity index (χ2v) is 6.12. The fraction of sp³-hybridized carbons (Fsp3) is 0.500. The molecule has 0 unspecified atom stereocenters.